The van der Waals surface area contributed by atoms with E-state index >= 15 is 0 Å². The van der Waals surface area contributed by atoms with Crippen LogP contribution in [0.4, 0.5) is 10.1 Å². The minimum absolute atomic E-state index is 0.0849. The van der Waals surface area contributed by atoms with Crippen LogP contribution in [-0.4, -0.2) is 61.3 Å². The molecule has 0 radical (unpaired) electrons. The Labute approximate surface area is 236 Å². The zero-order valence-electron chi connectivity index (χ0n) is 23.2. The third kappa shape index (κ3) is 4.61. The minimum Gasteiger partial charge on any atom is -0.496 e. The Morgan fingerprint density at radius 3 is 2.73 bits per heavy atom. The van der Waals surface area contributed by atoms with Crippen LogP contribution in [0.3, 0.4) is 0 Å². The summed E-state index contributed by atoms with van der Waals surface area (Å²) in [6.07, 6.45) is 5.28. The lowest BCUT2D eigenvalue weighted by atomic mass is 10.0. The van der Waals surface area contributed by atoms with Crippen molar-refractivity contribution < 1.29 is 13.9 Å². The Hall–Kier alpha value is -4.64. The molecule has 0 spiro atoms. The number of imidazole rings is 1. The first-order chi connectivity index (χ1) is 19.9. The van der Waals surface area contributed by atoms with E-state index in [0.29, 0.717) is 12.3 Å². The van der Waals surface area contributed by atoms with Gasteiger partial charge < -0.3 is 19.9 Å². The molecule has 0 saturated carbocycles. The Morgan fingerprint density at radius 1 is 1.12 bits per heavy atom. The Balaban J connectivity index is 1.43. The lowest BCUT2D eigenvalue weighted by molar-refractivity contribution is 0.0988. The van der Waals surface area contributed by atoms with E-state index in [1.807, 2.05) is 36.9 Å². The number of nitrogens with two attached hydrogens (primary N) is 1. The maximum absolute atomic E-state index is 14.7. The van der Waals surface area contributed by atoms with Gasteiger partial charge >= 0.3 is 0 Å². The molecule has 11 heteroatoms. The van der Waals surface area contributed by atoms with Gasteiger partial charge in [-0.3, -0.25) is 9.48 Å². The first-order valence-electron chi connectivity index (χ1n) is 13.5. The summed E-state index contributed by atoms with van der Waals surface area (Å²) in [5.41, 5.74) is 10.9. The first kappa shape index (κ1) is 26.6. The van der Waals surface area contributed by atoms with Crippen molar-refractivity contribution in [1.82, 2.24) is 29.3 Å². The number of carbonyl (C=O) groups is 1. The molecule has 1 aliphatic rings. The molecule has 5 aromatic rings. The monoisotopic (exact) mass is 554 g/mol. The van der Waals surface area contributed by atoms with E-state index in [-0.39, 0.29) is 35.3 Å². The summed E-state index contributed by atoms with van der Waals surface area (Å²) in [5.74, 6) is 0.435. The number of aryl methyl sites for hydroxylation is 2. The van der Waals surface area contributed by atoms with Crippen LogP contribution in [0.5, 0.6) is 5.75 Å². The van der Waals surface area contributed by atoms with Gasteiger partial charge in [-0.05, 0) is 48.7 Å². The van der Waals surface area contributed by atoms with E-state index < -0.39 is 5.82 Å². The van der Waals surface area contributed by atoms with Crippen LogP contribution < -0.4 is 15.4 Å². The van der Waals surface area contributed by atoms with E-state index in [2.05, 4.69) is 20.0 Å². The highest BCUT2D eigenvalue weighted by Gasteiger charge is 2.30. The highest BCUT2D eigenvalue weighted by molar-refractivity contribution is 6.00. The van der Waals surface area contributed by atoms with Crippen molar-refractivity contribution in [3.8, 4) is 28.7 Å². The standard InChI is InChI=1S/C30H31FN8O2/c1-37-22-10-9-18(16-24(40)21-11-13-33-29(35-21)26-20(31)7-4-8-25(26)41-3)28(39-15-5-6-19(39)17-32)27(22)36-30(37)23-12-14-34-38(23)2/h4,7-14,19H,5-6,15-17,32H2,1-3H3/t19-/m0/s1. The summed E-state index contributed by atoms with van der Waals surface area (Å²) in [5, 5.41) is 4.31. The smallest absolute Gasteiger partial charge is 0.185 e. The number of hydrogen-bond donors (Lipinski definition) is 1. The summed E-state index contributed by atoms with van der Waals surface area (Å²) in [7, 11) is 5.32. The van der Waals surface area contributed by atoms with Gasteiger partial charge in [-0.15, -0.1) is 0 Å². The van der Waals surface area contributed by atoms with Crippen molar-refractivity contribution in [2.75, 3.05) is 25.1 Å². The van der Waals surface area contributed by atoms with Gasteiger partial charge in [-0.2, -0.15) is 5.10 Å². The van der Waals surface area contributed by atoms with Crippen LogP contribution in [0.2, 0.25) is 0 Å². The molecule has 0 unspecified atom stereocenters. The molecule has 0 bridgehead atoms. The zero-order valence-corrected chi connectivity index (χ0v) is 23.2. The van der Waals surface area contributed by atoms with Gasteiger partial charge in [-0.1, -0.05) is 12.1 Å². The van der Waals surface area contributed by atoms with Gasteiger partial charge in [0.25, 0.3) is 0 Å². The molecule has 1 fully saturated rings. The normalized spacial score (nSPS) is 15.1. The van der Waals surface area contributed by atoms with Crippen molar-refractivity contribution in [2.45, 2.75) is 25.3 Å². The maximum Gasteiger partial charge on any atom is 0.185 e. The van der Waals surface area contributed by atoms with E-state index in [1.165, 1.54) is 19.4 Å². The lowest BCUT2D eigenvalue weighted by Gasteiger charge is -2.28. The number of benzene rings is 2. The van der Waals surface area contributed by atoms with Gasteiger partial charge in [0.05, 0.1) is 23.9 Å². The van der Waals surface area contributed by atoms with Crippen molar-refractivity contribution in [2.24, 2.45) is 19.8 Å². The third-order valence-electron chi connectivity index (χ3n) is 7.81. The topological polar surface area (TPSA) is 117 Å². The number of carbonyl (C=O) groups excluding carboxylic acids is 1. The number of fused-ring (bicyclic) bond motifs is 1. The molecule has 3 aromatic heterocycles. The average Bonchev–Trinajstić information content (AvgIpc) is 3.71. The number of halogens is 1. The lowest BCUT2D eigenvalue weighted by Crippen LogP contribution is -2.36. The van der Waals surface area contributed by atoms with Crippen LogP contribution >= 0.6 is 0 Å². The highest BCUT2D eigenvalue weighted by atomic mass is 19.1. The molecule has 1 aliphatic heterocycles. The molecule has 4 heterocycles. The van der Waals surface area contributed by atoms with Gasteiger partial charge in [0.1, 0.15) is 28.5 Å². The zero-order chi connectivity index (χ0) is 28.7. The molecule has 2 N–H and O–H groups in total. The summed E-state index contributed by atoms with van der Waals surface area (Å²) in [4.78, 5) is 29.7. The Bertz CT molecular complexity index is 1760. The van der Waals surface area contributed by atoms with Gasteiger partial charge in [0.15, 0.2) is 17.4 Å². The number of Topliss-reactive ketones (excluding diaryl/α,β-unsaturated/α-hetero) is 1. The van der Waals surface area contributed by atoms with Gasteiger partial charge in [0, 0.05) is 52.0 Å². The molecule has 1 atom stereocenters. The fourth-order valence-corrected chi connectivity index (χ4v) is 5.74. The van der Waals surface area contributed by atoms with Gasteiger partial charge in [0.2, 0.25) is 0 Å². The molecule has 1 saturated heterocycles. The van der Waals surface area contributed by atoms with Crippen LogP contribution in [-0.2, 0) is 20.5 Å². The van der Waals surface area contributed by atoms with E-state index in [9.17, 15) is 9.18 Å². The number of ketones is 1. The number of rotatable bonds is 8. The first-order valence-corrected chi connectivity index (χ1v) is 13.5. The highest BCUT2D eigenvalue weighted by Crippen LogP contribution is 2.38. The van der Waals surface area contributed by atoms with Crippen LogP contribution in [0.15, 0.2) is 54.9 Å². The largest absolute Gasteiger partial charge is 0.496 e. The van der Waals surface area contributed by atoms with E-state index in [4.69, 9.17) is 15.5 Å². The third-order valence-corrected chi connectivity index (χ3v) is 7.81. The van der Waals surface area contributed by atoms with Crippen LogP contribution in [0, 0.1) is 5.82 Å². The number of anilines is 1. The summed E-state index contributed by atoms with van der Waals surface area (Å²) < 4.78 is 23.9. The van der Waals surface area contributed by atoms with Crippen LogP contribution in [0.1, 0.15) is 28.9 Å². The SMILES string of the molecule is COc1cccc(F)c1-c1nccc(C(=O)Cc2ccc3c(nc(-c4ccnn4C)n3C)c2N2CCC[C@H]2CN)n1. The fourth-order valence-electron chi connectivity index (χ4n) is 5.74. The molecular weight excluding hydrogens is 523 g/mol. The summed E-state index contributed by atoms with van der Waals surface area (Å²) >= 11 is 0. The molecule has 210 valence electrons. The predicted molar refractivity (Wildman–Crippen MR) is 154 cm³/mol. The van der Waals surface area contributed by atoms with Crippen molar-refractivity contribution in [3.05, 3.63) is 71.9 Å². The second-order valence-electron chi connectivity index (χ2n) is 10.2. The summed E-state index contributed by atoms with van der Waals surface area (Å²) in [6, 6.07) is 12.1. The molecule has 6 rings (SSSR count). The number of aromatic nitrogens is 6. The van der Waals surface area contributed by atoms with Crippen molar-refractivity contribution >= 4 is 22.5 Å². The molecule has 2 aromatic carbocycles. The number of hydrogen-bond acceptors (Lipinski definition) is 8. The predicted octanol–water partition coefficient (Wildman–Crippen LogP) is 3.93. The second-order valence-corrected chi connectivity index (χ2v) is 10.2. The molecule has 0 aliphatic carbocycles. The van der Waals surface area contributed by atoms with E-state index in [1.54, 1.807) is 29.1 Å². The Morgan fingerprint density at radius 2 is 1.98 bits per heavy atom. The Kier molecular flexibility index (Phi) is 6.96. The van der Waals surface area contributed by atoms with Crippen molar-refractivity contribution in [1.29, 1.82) is 0 Å². The van der Waals surface area contributed by atoms with Crippen LogP contribution in [0.25, 0.3) is 33.9 Å². The fraction of sp³-hybridized carbons (Fsp3) is 0.300. The molecule has 10 nitrogen and oxygen atoms in total. The molecular formula is C30H31FN8O2. The van der Waals surface area contributed by atoms with E-state index in [0.717, 1.165) is 53.2 Å². The summed E-state index contributed by atoms with van der Waals surface area (Å²) in [6.45, 7) is 1.33. The minimum atomic E-state index is -0.525. The molecule has 0 amide bonds. The average molecular weight is 555 g/mol. The number of nitrogens with zero attached hydrogens (tertiary/aromatic N) is 7. The number of methoxy groups -OCH3 is 1. The quantitative estimate of drug-likeness (QED) is 0.287. The van der Waals surface area contributed by atoms with Gasteiger partial charge in [-0.25, -0.2) is 19.3 Å². The molecule has 41 heavy (non-hydrogen) atoms. The van der Waals surface area contributed by atoms with Crippen molar-refractivity contribution in [3.63, 3.8) is 0 Å². The second kappa shape index (κ2) is 10.7. The number of ether oxygens (including phenoxy) is 1. The maximum atomic E-state index is 14.7.